The molecule has 0 bridgehead atoms. The Kier molecular flexibility index (Phi) is 10.3. The lowest BCUT2D eigenvalue weighted by molar-refractivity contribution is -0.991. The van der Waals surface area contributed by atoms with Gasteiger partial charge in [-0.05, 0) is 52.9 Å². The first-order chi connectivity index (χ1) is 19.4. The van der Waals surface area contributed by atoms with Gasteiger partial charge in [0.15, 0.2) is 5.69 Å². The van der Waals surface area contributed by atoms with Crippen LogP contribution in [0.1, 0.15) is 29.2 Å². The summed E-state index contributed by atoms with van der Waals surface area (Å²) < 4.78 is 12.4. The zero-order valence-corrected chi connectivity index (χ0v) is 22.8. The number of hydrogen-bond acceptors (Lipinski definition) is 6. The van der Waals surface area contributed by atoms with Crippen molar-refractivity contribution in [2.24, 2.45) is 0 Å². The molecule has 0 aliphatic rings. The van der Waals surface area contributed by atoms with Gasteiger partial charge in [0.05, 0.1) is 0 Å². The summed E-state index contributed by atoms with van der Waals surface area (Å²) >= 11 is 0. The van der Waals surface area contributed by atoms with Gasteiger partial charge in [0.25, 0.3) is 0 Å². The van der Waals surface area contributed by atoms with Crippen LogP contribution in [0.4, 0.5) is 5.69 Å². The van der Waals surface area contributed by atoms with Crippen LogP contribution in [0.3, 0.4) is 0 Å². The van der Waals surface area contributed by atoms with E-state index in [4.69, 9.17) is 14.7 Å². The molecule has 0 radical (unpaired) electrons. The topological polar surface area (TPSA) is 107 Å². The minimum Gasteiger partial charge on any atom is -0.595 e. The smallest absolute Gasteiger partial charge is 0.216 e. The van der Waals surface area contributed by atoms with E-state index in [2.05, 4.69) is 41.8 Å². The Bertz CT molecular complexity index is 1390. The quantitative estimate of drug-likeness (QED) is 0.147. The molecule has 0 aromatic heterocycles. The Hall–Kier alpha value is -4.21. The van der Waals surface area contributed by atoms with Gasteiger partial charge in [0, 0.05) is 50.3 Å². The lowest BCUT2D eigenvalue weighted by Gasteiger charge is -2.16. The van der Waals surface area contributed by atoms with E-state index in [0.29, 0.717) is 37.7 Å². The highest BCUT2D eigenvalue weighted by Gasteiger charge is 2.10. The van der Waals surface area contributed by atoms with E-state index in [-0.39, 0.29) is 18.2 Å². The minimum absolute atomic E-state index is 0.0641. The lowest BCUT2D eigenvalue weighted by atomic mass is 9.97. The normalized spacial score (nSPS) is 11.6. The molecule has 4 N–H and O–H groups in total. The fourth-order valence-corrected chi connectivity index (χ4v) is 4.29. The maximum Gasteiger partial charge on any atom is 0.216 e. The number of rotatable bonds is 13. The summed E-state index contributed by atoms with van der Waals surface area (Å²) in [7, 11) is 0. The van der Waals surface area contributed by atoms with Crippen molar-refractivity contribution in [3.05, 3.63) is 118 Å². The SMILES string of the molecule is CC(=O)NCCNCc1ccc(OCc2cccc(-c3ccccc3)c2C)cc1OCc1ccc([NH+]([O-])O)cc1. The van der Waals surface area contributed by atoms with Gasteiger partial charge in [-0.1, -0.05) is 54.6 Å². The molecule has 4 aromatic rings. The maximum atomic E-state index is 11.2. The Labute approximate surface area is 234 Å². The van der Waals surface area contributed by atoms with Gasteiger partial charge in [-0.15, -0.1) is 0 Å². The zero-order valence-electron chi connectivity index (χ0n) is 22.8. The molecule has 4 rings (SSSR count). The summed E-state index contributed by atoms with van der Waals surface area (Å²) in [5.74, 6) is 1.29. The standard InChI is InChI=1S/C32H35N3O5/c1-23-28(9-6-10-31(23)26-7-4-3-5-8-26)22-39-30-16-13-27(20-33-17-18-34-24(2)36)32(19-30)40-21-25-11-14-29(15-12-25)35(37)38/h3-16,19,33,35,37H,17-18,20-22H2,1-2H3,(H,34,36). The summed E-state index contributed by atoms with van der Waals surface area (Å²) in [5.41, 5.74) is 6.66. The van der Waals surface area contributed by atoms with Gasteiger partial charge >= 0.3 is 0 Å². The van der Waals surface area contributed by atoms with Crippen molar-refractivity contribution < 1.29 is 24.7 Å². The van der Waals surface area contributed by atoms with E-state index in [1.54, 1.807) is 24.3 Å². The average molecular weight is 542 g/mol. The third kappa shape index (κ3) is 8.14. The Morgan fingerprint density at radius 3 is 2.38 bits per heavy atom. The fourth-order valence-electron chi connectivity index (χ4n) is 4.29. The first-order valence-corrected chi connectivity index (χ1v) is 13.2. The van der Waals surface area contributed by atoms with Crippen molar-refractivity contribution in [2.75, 3.05) is 13.1 Å². The van der Waals surface area contributed by atoms with Crippen LogP contribution >= 0.6 is 0 Å². The molecule has 1 amide bonds. The number of ether oxygens (including phenoxy) is 2. The molecule has 8 nitrogen and oxygen atoms in total. The highest BCUT2D eigenvalue weighted by molar-refractivity contribution is 5.72. The molecule has 0 fully saturated rings. The average Bonchev–Trinajstić information content (AvgIpc) is 2.96. The first-order valence-electron chi connectivity index (χ1n) is 13.2. The van der Waals surface area contributed by atoms with Crippen molar-refractivity contribution in [3.63, 3.8) is 0 Å². The third-order valence-corrected chi connectivity index (χ3v) is 6.55. The number of carbonyl (C=O) groups excluding carboxylic acids is 1. The number of quaternary nitrogens is 1. The zero-order chi connectivity index (χ0) is 28.3. The van der Waals surface area contributed by atoms with Crippen LogP contribution in [0.2, 0.25) is 0 Å². The number of carbonyl (C=O) groups is 1. The summed E-state index contributed by atoms with van der Waals surface area (Å²) in [6.07, 6.45) is 0. The molecule has 0 aliphatic heterocycles. The van der Waals surface area contributed by atoms with Crippen LogP contribution in [0.15, 0.2) is 91.0 Å². The molecule has 208 valence electrons. The highest BCUT2D eigenvalue weighted by Crippen LogP contribution is 2.29. The van der Waals surface area contributed by atoms with E-state index in [1.165, 1.54) is 23.6 Å². The van der Waals surface area contributed by atoms with Gasteiger partial charge in [-0.2, -0.15) is 5.23 Å². The summed E-state index contributed by atoms with van der Waals surface area (Å²) in [5, 5.41) is 25.4. The predicted octanol–water partition coefficient (Wildman–Crippen LogP) is 4.45. The number of benzene rings is 4. The molecule has 1 atom stereocenters. The first kappa shape index (κ1) is 28.8. The van der Waals surface area contributed by atoms with Crippen molar-refractivity contribution >= 4 is 11.6 Å². The Morgan fingerprint density at radius 2 is 1.65 bits per heavy atom. The van der Waals surface area contributed by atoms with Gasteiger partial charge in [0.1, 0.15) is 24.7 Å². The molecule has 0 aliphatic carbocycles. The molecule has 0 heterocycles. The second-order valence-corrected chi connectivity index (χ2v) is 9.46. The third-order valence-electron chi connectivity index (χ3n) is 6.55. The van der Waals surface area contributed by atoms with Gasteiger partial charge in [0.2, 0.25) is 5.91 Å². The van der Waals surface area contributed by atoms with E-state index in [0.717, 1.165) is 16.7 Å². The molecular formula is C32H35N3O5. The number of hydrogen-bond donors (Lipinski definition) is 4. The van der Waals surface area contributed by atoms with Crippen LogP contribution in [-0.4, -0.2) is 24.2 Å². The second kappa shape index (κ2) is 14.3. The molecule has 1 unspecified atom stereocenters. The molecular weight excluding hydrogens is 506 g/mol. The van der Waals surface area contributed by atoms with E-state index < -0.39 is 5.23 Å². The lowest BCUT2D eigenvalue weighted by Crippen LogP contribution is -2.99. The van der Waals surface area contributed by atoms with Gasteiger partial charge in [-0.3, -0.25) is 4.79 Å². The van der Waals surface area contributed by atoms with Gasteiger partial charge < -0.3 is 25.3 Å². The molecule has 4 aromatic carbocycles. The molecule has 0 saturated heterocycles. The van der Waals surface area contributed by atoms with Crippen molar-refractivity contribution in [2.45, 2.75) is 33.6 Å². The van der Waals surface area contributed by atoms with Gasteiger partial charge in [-0.25, -0.2) is 5.21 Å². The Morgan fingerprint density at radius 1 is 0.875 bits per heavy atom. The highest BCUT2D eigenvalue weighted by atomic mass is 16.8. The summed E-state index contributed by atoms with van der Waals surface area (Å²) in [6.45, 7) is 5.99. The van der Waals surface area contributed by atoms with Crippen LogP contribution in [0, 0.1) is 12.1 Å². The fraction of sp³-hybridized carbons (Fsp3) is 0.219. The number of amides is 1. The molecule has 0 spiro atoms. The maximum absolute atomic E-state index is 11.2. The van der Waals surface area contributed by atoms with Crippen LogP contribution < -0.4 is 25.3 Å². The van der Waals surface area contributed by atoms with Crippen LogP contribution in [-0.2, 0) is 24.6 Å². The van der Waals surface area contributed by atoms with Crippen molar-refractivity contribution in [1.29, 1.82) is 0 Å². The Balaban J connectivity index is 1.47. The largest absolute Gasteiger partial charge is 0.595 e. The monoisotopic (exact) mass is 541 g/mol. The van der Waals surface area contributed by atoms with E-state index >= 15 is 0 Å². The van der Waals surface area contributed by atoms with Crippen LogP contribution in [0.25, 0.3) is 11.1 Å². The summed E-state index contributed by atoms with van der Waals surface area (Å²) in [6, 6.07) is 29.0. The molecule has 8 heteroatoms. The van der Waals surface area contributed by atoms with E-state index in [9.17, 15) is 10.0 Å². The van der Waals surface area contributed by atoms with E-state index in [1.807, 2.05) is 42.5 Å². The van der Waals surface area contributed by atoms with Crippen molar-refractivity contribution in [3.8, 4) is 22.6 Å². The second-order valence-electron chi connectivity index (χ2n) is 9.46. The number of nitrogens with one attached hydrogen (secondary N) is 3. The minimum atomic E-state index is -0.963. The van der Waals surface area contributed by atoms with Crippen LogP contribution in [0.5, 0.6) is 11.5 Å². The molecule has 0 saturated carbocycles. The predicted molar refractivity (Wildman–Crippen MR) is 154 cm³/mol. The van der Waals surface area contributed by atoms with Crippen molar-refractivity contribution in [1.82, 2.24) is 10.6 Å². The summed E-state index contributed by atoms with van der Waals surface area (Å²) in [4.78, 5) is 11.1. The molecule has 40 heavy (non-hydrogen) atoms.